The van der Waals surface area contributed by atoms with Crippen molar-refractivity contribution in [3.63, 3.8) is 0 Å². The highest BCUT2D eigenvalue weighted by atomic mass is 35.5. The summed E-state index contributed by atoms with van der Waals surface area (Å²) in [5.74, 6) is -2.87. The molecule has 2 rings (SSSR count). The van der Waals surface area contributed by atoms with Crippen LogP contribution in [0.1, 0.15) is 23.7 Å². The van der Waals surface area contributed by atoms with Crippen LogP contribution in [-0.2, 0) is 10.0 Å². The first kappa shape index (κ1) is 23.8. The van der Waals surface area contributed by atoms with Crippen molar-refractivity contribution in [1.82, 2.24) is 10.6 Å². The molecule has 0 saturated heterocycles. The molecule has 0 heterocycles. The molecule has 10 heteroatoms. The summed E-state index contributed by atoms with van der Waals surface area (Å²) < 4.78 is 53.5. The Bertz CT molecular complexity index is 911. The Labute approximate surface area is 169 Å². The standard InChI is InChI=1S/C18H21F2N3O3S.ClH/c1-2-9-21-10-11-22-18(24)14-5-3-4-6-17(14)23-27(25,26)13-7-8-15(19)16(20)12-13;/h3-8,12,21,23H,2,9-11H2,1H3,(H,22,24);1H. The highest BCUT2D eigenvalue weighted by Crippen LogP contribution is 2.21. The molecule has 0 bridgehead atoms. The average Bonchev–Trinajstić information content (AvgIpc) is 2.63. The third-order valence-corrected chi connectivity index (χ3v) is 4.99. The SMILES string of the molecule is CCCNCCNC(=O)c1ccccc1NS(=O)(=O)c1ccc(F)c(F)c1.Cl. The predicted octanol–water partition coefficient (Wildman–Crippen LogP) is 2.92. The second-order valence-corrected chi connectivity index (χ2v) is 7.42. The molecule has 0 fully saturated rings. The molecule has 3 N–H and O–H groups in total. The van der Waals surface area contributed by atoms with Crippen molar-refractivity contribution < 1.29 is 22.0 Å². The number of hydrogen-bond donors (Lipinski definition) is 3. The Morgan fingerprint density at radius 1 is 1.00 bits per heavy atom. The Balaban J connectivity index is 0.00000392. The van der Waals surface area contributed by atoms with Gasteiger partial charge < -0.3 is 10.6 Å². The summed E-state index contributed by atoms with van der Waals surface area (Å²) in [5, 5.41) is 5.83. The molecule has 0 unspecified atom stereocenters. The van der Waals surface area contributed by atoms with E-state index in [2.05, 4.69) is 15.4 Å². The van der Waals surface area contributed by atoms with Crippen LogP contribution in [0.25, 0.3) is 0 Å². The number of carbonyl (C=O) groups excluding carboxylic acids is 1. The number of anilines is 1. The summed E-state index contributed by atoms with van der Waals surface area (Å²) in [5.41, 5.74) is 0.167. The number of para-hydroxylation sites is 1. The topological polar surface area (TPSA) is 87.3 Å². The summed E-state index contributed by atoms with van der Waals surface area (Å²) in [6.07, 6.45) is 0.975. The van der Waals surface area contributed by atoms with Crippen LogP contribution in [0.3, 0.4) is 0 Å². The molecule has 0 aliphatic carbocycles. The van der Waals surface area contributed by atoms with E-state index in [1.165, 1.54) is 12.1 Å². The van der Waals surface area contributed by atoms with Gasteiger partial charge in [0.05, 0.1) is 16.1 Å². The Morgan fingerprint density at radius 2 is 1.71 bits per heavy atom. The van der Waals surface area contributed by atoms with Crippen LogP contribution in [0, 0.1) is 11.6 Å². The first-order valence-corrected chi connectivity index (χ1v) is 9.89. The lowest BCUT2D eigenvalue weighted by molar-refractivity contribution is 0.0955. The zero-order chi connectivity index (χ0) is 19.9. The molecule has 0 radical (unpaired) electrons. The van der Waals surface area contributed by atoms with E-state index in [-0.39, 0.29) is 23.7 Å². The van der Waals surface area contributed by atoms with Crippen LogP contribution >= 0.6 is 12.4 Å². The minimum absolute atomic E-state index is 0. The predicted molar refractivity (Wildman–Crippen MR) is 106 cm³/mol. The third kappa shape index (κ3) is 6.43. The number of hydrogen-bond acceptors (Lipinski definition) is 4. The molecular weight excluding hydrogens is 412 g/mol. The van der Waals surface area contributed by atoms with Crippen molar-refractivity contribution in [1.29, 1.82) is 0 Å². The van der Waals surface area contributed by atoms with Crippen molar-refractivity contribution in [2.75, 3.05) is 24.4 Å². The van der Waals surface area contributed by atoms with Gasteiger partial charge >= 0.3 is 0 Å². The summed E-state index contributed by atoms with van der Waals surface area (Å²) in [7, 11) is -4.19. The van der Waals surface area contributed by atoms with Gasteiger partial charge in [-0.15, -0.1) is 12.4 Å². The molecule has 0 aliphatic rings. The van der Waals surface area contributed by atoms with Gasteiger partial charge in [0.15, 0.2) is 11.6 Å². The van der Waals surface area contributed by atoms with Gasteiger partial charge in [0.2, 0.25) is 0 Å². The highest BCUT2D eigenvalue weighted by molar-refractivity contribution is 7.92. The number of nitrogens with one attached hydrogen (secondary N) is 3. The second kappa shape index (κ2) is 10.9. The Morgan fingerprint density at radius 3 is 2.39 bits per heavy atom. The van der Waals surface area contributed by atoms with Gasteiger partial charge in [0, 0.05) is 13.1 Å². The fourth-order valence-corrected chi connectivity index (χ4v) is 3.37. The van der Waals surface area contributed by atoms with Crippen molar-refractivity contribution >= 4 is 34.0 Å². The lowest BCUT2D eigenvalue weighted by Gasteiger charge is -2.13. The smallest absolute Gasteiger partial charge is 0.262 e. The molecule has 154 valence electrons. The summed E-state index contributed by atoms with van der Waals surface area (Å²) in [6, 6.07) is 8.30. The first-order valence-electron chi connectivity index (χ1n) is 8.41. The number of halogens is 3. The van der Waals surface area contributed by atoms with Gasteiger partial charge in [-0.25, -0.2) is 17.2 Å². The van der Waals surface area contributed by atoms with E-state index in [1.54, 1.807) is 12.1 Å². The van der Waals surface area contributed by atoms with Gasteiger partial charge in [-0.2, -0.15) is 0 Å². The largest absolute Gasteiger partial charge is 0.351 e. The van der Waals surface area contributed by atoms with Crippen LogP contribution in [0.2, 0.25) is 0 Å². The van der Waals surface area contributed by atoms with E-state index in [0.717, 1.165) is 25.1 Å². The summed E-state index contributed by atoms with van der Waals surface area (Å²) in [6.45, 7) is 3.83. The van der Waals surface area contributed by atoms with E-state index in [1.807, 2.05) is 6.92 Å². The van der Waals surface area contributed by atoms with Gasteiger partial charge in [0.25, 0.3) is 15.9 Å². The van der Waals surface area contributed by atoms with Gasteiger partial charge in [-0.05, 0) is 43.3 Å². The van der Waals surface area contributed by atoms with E-state index >= 15 is 0 Å². The van der Waals surface area contributed by atoms with E-state index in [0.29, 0.717) is 19.2 Å². The molecule has 0 spiro atoms. The molecular formula is C18H22ClF2N3O3S. The first-order chi connectivity index (χ1) is 12.8. The number of amides is 1. The van der Waals surface area contributed by atoms with Gasteiger partial charge in [0.1, 0.15) is 0 Å². The Hall–Kier alpha value is -2.23. The fraction of sp³-hybridized carbons (Fsp3) is 0.278. The molecule has 2 aromatic rings. The van der Waals surface area contributed by atoms with Crippen molar-refractivity contribution in [2.24, 2.45) is 0 Å². The van der Waals surface area contributed by atoms with Crippen LogP contribution in [0.5, 0.6) is 0 Å². The molecule has 0 atom stereocenters. The van der Waals surface area contributed by atoms with E-state index < -0.39 is 32.5 Å². The van der Waals surface area contributed by atoms with Gasteiger partial charge in [-0.3, -0.25) is 9.52 Å². The highest BCUT2D eigenvalue weighted by Gasteiger charge is 2.20. The molecule has 1 amide bonds. The van der Waals surface area contributed by atoms with Crippen LogP contribution in [0.4, 0.5) is 14.5 Å². The maximum atomic E-state index is 13.3. The number of benzene rings is 2. The monoisotopic (exact) mass is 433 g/mol. The normalized spacial score (nSPS) is 10.8. The molecule has 28 heavy (non-hydrogen) atoms. The molecule has 0 saturated carbocycles. The van der Waals surface area contributed by atoms with E-state index in [9.17, 15) is 22.0 Å². The molecule has 0 aliphatic heterocycles. The minimum Gasteiger partial charge on any atom is -0.351 e. The maximum absolute atomic E-state index is 13.3. The zero-order valence-corrected chi connectivity index (χ0v) is 16.8. The molecule has 2 aromatic carbocycles. The number of sulfonamides is 1. The fourth-order valence-electron chi connectivity index (χ4n) is 2.28. The third-order valence-electron chi connectivity index (χ3n) is 3.63. The second-order valence-electron chi connectivity index (χ2n) is 5.73. The maximum Gasteiger partial charge on any atom is 0.262 e. The summed E-state index contributed by atoms with van der Waals surface area (Å²) in [4.78, 5) is 11.9. The van der Waals surface area contributed by atoms with Gasteiger partial charge in [-0.1, -0.05) is 19.1 Å². The van der Waals surface area contributed by atoms with Crippen molar-refractivity contribution in [3.05, 3.63) is 59.7 Å². The Kier molecular flexibility index (Phi) is 9.30. The lowest BCUT2D eigenvalue weighted by Crippen LogP contribution is -2.32. The average molecular weight is 434 g/mol. The van der Waals surface area contributed by atoms with Crippen molar-refractivity contribution in [2.45, 2.75) is 18.2 Å². The molecule has 0 aromatic heterocycles. The number of rotatable bonds is 9. The van der Waals surface area contributed by atoms with Crippen LogP contribution in [0.15, 0.2) is 47.4 Å². The quantitative estimate of drug-likeness (QED) is 0.531. The van der Waals surface area contributed by atoms with Crippen molar-refractivity contribution in [3.8, 4) is 0 Å². The lowest BCUT2D eigenvalue weighted by atomic mass is 10.1. The van der Waals surface area contributed by atoms with Crippen LogP contribution < -0.4 is 15.4 Å². The molecule has 6 nitrogen and oxygen atoms in total. The number of carbonyl (C=O) groups is 1. The summed E-state index contributed by atoms with van der Waals surface area (Å²) >= 11 is 0. The van der Waals surface area contributed by atoms with Crippen LogP contribution in [-0.4, -0.2) is 34.0 Å². The zero-order valence-electron chi connectivity index (χ0n) is 15.2. The van der Waals surface area contributed by atoms with E-state index in [4.69, 9.17) is 0 Å². The minimum atomic E-state index is -4.19.